The summed E-state index contributed by atoms with van der Waals surface area (Å²) in [5.41, 5.74) is 2.03. The van der Waals surface area contributed by atoms with Crippen molar-refractivity contribution < 1.29 is 4.42 Å². The normalized spacial score (nSPS) is 10.7. The van der Waals surface area contributed by atoms with Crippen LogP contribution in [0.3, 0.4) is 0 Å². The van der Waals surface area contributed by atoms with Crippen LogP contribution < -0.4 is 5.32 Å². The number of benzene rings is 1. The van der Waals surface area contributed by atoms with Crippen molar-refractivity contribution in [3.8, 4) is 11.3 Å². The molecule has 2 heterocycles. The molecule has 0 aliphatic rings. The van der Waals surface area contributed by atoms with E-state index in [4.69, 9.17) is 16.0 Å². The molecule has 0 saturated carbocycles. The van der Waals surface area contributed by atoms with Crippen molar-refractivity contribution in [3.63, 3.8) is 0 Å². The molecule has 3 rings (SSSR count). The van der Waals surface area contributed by atoms with E-state index in [1.165, 1.54) is 11.3 Å². The molecule has 0 bridgehead atoms. The lowest BCUT2D eigenvalue weighted by Crippen LogP contribution is -1.97. The molecular weight excluding hydrogens is 360 g/mol. The summed E-state index contributed by atoms with van der Waals surface area (Å²) in [4.78, 5) is 5.10. The number of halogens is 2. The summed E-state index contributed by atoms with van der Waals surface area (Å²) in [6.45, 7) is 0.732. The Morgan fingerprint density at radius 1 is 1.35 bits per heavy atom. The summed E-state index contributed by atoms with van der Waals surface area (Å²) in [7, 11) is 0. The van der Waals surface area contributed by atoms with E-state index < -0.39 is 0 Å². The van der Waals surface area contributed by atoms with Crippen molar-refractivity contribution in [1.82, 2.24) is 4.98 Å². The molecule has 6 heteroatoms. The Balaban J connectivity index is 1.73. The number of oxazole rings is 1. The second-order valence-electron chi connectivity index (χ2n) is 4.13. The van der Waals surface area contributed by atoms with Gasteiger partial charge in [0.25, 0.3) is 0 Å². The Bertz CT molecular complexity index is 692. The average Bonchev–Trinajstić information content (AvgIpc) is 3.08. The van der Waals surface area contributed by atoms with Crippen molar-refractivity contribution in [3.05, 3.63) is 56.6 Å². The lowest BCUT2D eigenvalue weighted by Gasteiger charge is -2.06. The summed E-state index contributed by atoms with van der Waals surface area (Å²) in [5.74, 6) is 0.760. The predicted octanol–water partition coefficient (Wildman–Crippen LogP) is 5.43. The molecule has 0 aliphatic carbocycles. The summed E-state index contributed by atoms with van der Waals surface area (Å²) >= 11 is 11.0. The van der Waals surface area contributed by atoms with Crippen LogP contribution in [0.15, 0.2) is 51.8 Å². The molecule has 2 aromatic heterocycles. The zero-order valence-electron chi connectivity index (χ0n) is 10.3. The van der Waals surface area contributed by atoms with E-state index in [0.29, 0.717) is 0 Å². The summed E-state index contributed by atoms with van der Waals surface area (Å²) < 4.78 is 7.01. The van der Waals surface area contributed by atoms with Crippen LogP contribution >= 0.6 is 38.9 Å². The van der Waals surface area contributed by atoms with E-state index in [-0.39, 0.29) is 0 Å². The Labute approximate surface area is 133 Å². The monoisotopic (exact) mass is 368 g/mol. The minimum absolute atomic E-state index is 0.732. The molecule has 0 aliphatic heterocycles. The van der Waals surface area contributed by atoms with Crippen LogP contribution in [0.5, 0.6) is 0 Å². The van der Waals surface area contributed by atoms with E-state index in [1.54, 1.807) is 17.5 Å². The Kier molecular flexibility index (Phi) is 4.10. The first-order chi connectivity index (χ1) is 9.72. The zero-order valence-corrected chi connectivity index (χ0v) is 13.4. The molecule has 0 saturated heterocycles. The van der Waals surface area contributed by atoms with Gasteiger partial charge in [-0.25, -0.2) is 4.98 Å². The molecule has 1 N–H and O–H groups in total. The molecule has 0 spiro atoms. The number of nitrogens with zero attached hydrogens (tertiary/aromatic N) is 1. The molecule has 102 valence electrons. The highest BCUT2D eigenvalue weighted by Crippen LogP contribution is 2.32. The molecule has 3 aromatic rings. The van der Waals surface area contributed by atoms with Gasteiger partial charge in [0.15, 0.2) is 12.2 Å². The van der Waals surface area contributed by atoms with Crippen LogP contribution in [-0.2, 0) is 6.54 Å². The molecular formula is C14H10BrClN2OS. The third-order valence-corrected chi connectivity index (χ3v) is 5.22. The number of anilines is 1. The lowest BCUT2D eigenvalue weighted by atomic mass is 10.1. The number of hydrogen-bond acceptors (Lipinski definition) is 4. The molecule has 0 fully saturated rings. The van der Waals surface area contributed by atoms with Crippen LogP contribution in [0.1, 0.15) is 4.88 Å². The highest BCUT2D eigenvalue weighted by Gasteiger charge is 2.05. The van der Waals surface area contributed by atoms with Gasteiger partial charge in [-0.1, -0.05) is 23.7 Å². The van der Waals surface area contributed by atoms with Crippen molar-refractivity contribution >= 4 is 44.6 Å². The van der Waals surface area contributed by atoms with Gasteiger partial charge in [0.1, 0.15) is 4.34 Å². The highest BCUT2D eigenvalue weighted by molar-refractivity contribution is 9.10. The van der Waals surface area contributed by atoms with Gasteiger partial charge in [0.2, 0.25) is 0 Å². The number of aromatic nitrogens is 1. The minimum atomic E-state index is 0.732. The van der Waals surface area contributed by atoms with Crippen molar-refractivity contribution in [1.29, 1.82) is 0 Å². The molecule has 0 unspecified atom stereocenters. The first-order valence-corrected chi connectivity index (χ1v) is 7.87. The molecule has 0 amide bonds. The summed E-state index contributed by atoms with van der Waals surface area (Å²) in [6.07, 6.45) is 3.13. The van der Waals surface area contributed by atoms with Gasteiger partial charge in [0.05, 0.1) is 6.20 Å². The third-order valence-electron chi connectivity index (χ3n) is 2.74. The maximum absolute atomic E-state index is 6.03. The van der Waals surface area contributed by atoms with Gasteiger partial charge in [-0.3, -0.25) is 0 Å². The van der Waals surface area contributed by atoms with Gasteiger partial charge >= 0.3 is 0 Å². The summed E-state index contributed by atoms with van der Waals surface area (Å²) in [6, 6.07) is 10.1. The second-order valence-corrected chi connectivity index (χ2v) is 6.73. The fraction of sp³-hybridized carbons (Fsp3) is 0.0714. The van der Waals surface area contributed by atoms with Crippen molar-refractivity contribution in [2.24, 2.45) is 0 Å². The second kappa shape index (κ2) is 5.99. The maximum atomic E-state index is 6.03. The predicted molar refractivity (Wildman–Crippen MR) is 86.3 cm³/mol. The smallest absolute Gasteiger partial charge is 0.181 e. The largest absolute Gasteiger partial charge is 0.444 e. The van der Waals surface area contributed by atoms with Crippen LogP contribution in [0.2, 0.25) is 4.34 Å². The van der Waals surface area contributed by atoms with Gasteiger partial charge in [-0.15, -0.1) is 11.3 Å². The third kappa shape index (κ3) is 3.06. The topological polar surface area (TPSA) is 38.1 Å². The van der Waals surface area contributed by atoms with Gasteiger partial charge in [-0.2, -0.15) is 0 Å². The molecule has 20 heavy (non-hydrogen) atoms. The van der Waals surface area contributed by atoms with E-state index in [2.05, 4.69) is 26.2 Å². The quantitative estimate of drug-likeness (QED) is 0.666. The number of rotatable bonds is 4. The van der Waals surface area contributed by atoms with Gasteiger partial charge < -0.3 is 9.73 Å². The van der Waals surface area contributed by atoms with E-state index >= 15 is 0 Å². The molecule has 1 aromatic carbocycles. The zero-order chi connectivity index (χ0) is 13.9. The number of thiophene rings is 1. The summed E-state index contributed by atoms with van der Waals surface area (Å²) in [5, 5.41) is 3.37. The van der Waals surface area contributed by atoms with E-state index in [9.17, 15) is 0 Å². The van der Waals surface area contributed by atoms with Gasteiger partial charge in [-0.05, 0) is 34.1 Å². The number of nitrogens with one attached hydrogen (secondary N) is 1. The van der Waals surface area contributed by atoms with E-state index in [1.807, 2.05) is 30.3 Å². The standard InChI is InChI=1S/C14H10BrClN2OS/c15-12-5-11(20-14(12)16)6-18-10-3-1-2-9(4-10)13-7-17-8-19-13/h1-5,7-8,18H,6H2. The average molecular weight is 370 g/mol. The molecule has 0 radical (unpaired) electrons. The number of hydrogen-bond donors (Lipinski definition) is 1. The highest BCUT2D eigenvalue weighted by atomic mass is 79.9. The fourth-order valence-electron chi connectivity index (χ4n) is 1.81. The van der Waals surface area contributed by atoms with Gasteiger partial charge in [0, 0.05) is 27.1 Å². The Morgan fingerprint density at radius 3 is 2.95 bits per heavy atom. The fourth-order valence-corrected chi connectivity index (χ4v) is 3.54. The molecule has 0 atom stereocenters. The lowest BCUT2D eigenvalue weighted by molar-refractivity contribution is 0.572. The Morgan fingerprint density at radius 2 is 2.25 bits per heavy atom. The first-order valence-electron chi connectivity index (χ1n) is 5.89. The first kappa shape index (κ1) is 13.7. The van der Waals surface area contributed by atoms with Crippen LogP contribution in [-0.4, -0.2) is 4.98 Å². The minimum Gasteiger partial charge on any atom is -0.444 e. The van der Waals surface area contributed by atoms with Crippen LogP contribution in [0.4, 0.5) is 5.69 Å². The van der Waals surface area contributed by atoms with Crippen molar-refractivity contribution in [2.75, 3.05) is 5.32 Å². The van der Waals surface area contributed by atoms with Crippen LogP contribution in [0, 0.1) is 0 Å². The van der Waals surface area contributed by atoms with Crippen molar-refractivity contribution in [2.45, 2.75) is 6.54 Å². The molecule has 3 nitrogen and oxygen atoms in total. The van der Waals surface area contributed by atoms with Crippen LogP contribution in [0.25, 0.3) is 11.3 Å². The van der Waals surface area contributed by atoms with E-state index in [0.717, 1.165) is 32.4 Å². The maximum Gasteiger partial charge on any atom is 0.181 e. The SMILES string of the molecule is Clc1sc(CNc2cccc(-c3cnco3)c2)cc1Br. The Hall–Kier alpha value is -1.30.